The molecule has 0 unspecified atom stereocenters. The van der Waals surface area contributed by atoms with E-state index in [1.54, 1.807) is 24.3 Å². The summed E-state index contributed by atoms with van der Waals surface area (Å²) in [6, 6.07) is 6.60. The van der Waals surface area contributed by atoms with Gasteiger partial charge in [0.25, 0.3) is 15.9 Å². The summed E-state index contributed by atoms with van der Waals surface area (Å²) >= 11 is 0. The van der Waals surface area contributed by atoms with Gasteiger partial charge in [-0.2, -0.15) is 0 Å². The molecule has 17 heavy (non-hydrogen) atoms. The third-order valence-electron chi connectivity index (χ3n) is 2.99. The summed E-state index contributed by atoms with van der Waals surface area (Å²) in [7, 11) is -3.57. The lowest BCUT2D eigenvalue weighted by Gasteiger charge is -2.42. The van der Waals surface area contributed by atoms with Crippen molar-refractivity contribution in [3.05, 3.63) is 29.8 Å². The second kappa shape index (κ2) is 3.54. The molecule has 1 aliphatic heterocycles. The van der Waals surface area contributed by atoms with E-state index in [4.69, 9.17) is 5.73 Å². The van der Waals surface area contributed by atoms with Crippen molar-refractivity contribution in [3.63, 3.8) is 0 Å². The Labute approximate surface area is 100 Å². The predicted octanol–water partition coefficient (Wildman–Crippen LogP) is 0.600. The zero-order valence-electron chi connectivity index (χ0n) is 9.67. The first-order valence-electron chi connectivity index (χ1n) is 5.20. The topological polar surface area (TPSA) is 80.5 Å². The number of nitrogens with two attached hydrogens (primary N) is 1. The zero-order valence-corrected chi connectivity index (χ0v) is 10.5. The van der Waals surface area contributed by atoms with Gasteiger partial charge in [0.15, 0.2) is 4.75 Å². The first-order valence-corrected chi connectivity index (χ1v) is 6.64. The van der Waals surface area contributed by atoms with Gasteiger partial charge in [-0.05, 0) is 31.5 Å². The van der Waals surface area contributed by atoms with Gasteiger partial charge in [-0.3, -0.25) is 4.79 Å². The summed E-state index contributed by atoms with van der Waals surface area (Å²) in [6.45, 7) is 3.21. The highest BCUT2D eigenvalue weighted by Gasteiger charge is 2.60. The van der Waals surface area contributed by atoms with Gasteiger partial charge in [0.1, 0.15) is 0 Å². The third kappa shape index (κ3) is 1.48. The molecular weight excluding hydrogens is 240 g/mol. The molecule has 0 bridgehead atoms. The minimum atomic E-state index is -3.57. The van der Waals surface area contributed by atoms with Crippen LogP contribution in [0, 0.1) is 0 Å². The molecule has 1 heterocycles. The fourth-order valence-electron chi connectivity index (χ4n) is 1.68. The van der Waals surface area contributed by atoms with Crippen LogP contribution in [0.2, 0.25) is 0 Å². The Balaban J connectivity index is 2.40. The summed E-state index contributed by atoms with van der Waals surface area (Å²) in [4.78, 5) is 11.8. The van der Waals surface area contributed by atoms with E-state index >= 15 is 0 Å². The van der Waals surface area contributed by atoms with Crippen molar-refractivity contribution >= 4 is 21.6 Å². The quantitative estimate of drug-likeness (QED) is 0.838. The molecule has 0 spiro atoms. The molecule has 1 aromatic carbocycles. The number of hydrogen-bond acceptors (Lipinski definition) is 4. The molecular formula is C11H14N2O3S. The average molecular weight is 254 g/mol. The van der Waals surface area contributed by atoms with Crippen molar-refractivity contribution < 1.29 is 13.2 Å². The van der Waals surface area contributed by atoms with Gasteiger partial charge in [-0.15, -0.1) is 0 Å². The second-order valence-electron chi connectivity index (χ2n) is 4.46. The van der Waals surface area contributed by atoms with E-state index in [0.29, 0.717) is 12.2 Å². The van der Waals surface area contributed by atoms with Gasteiger partial charge in [-0.1, -0.05) is 12.1 Å². The fourth-order valence-corrected chi connectivity index (χ4v) is 3.16. The van der Waals surface area contributed by atoms with E-state index < -0.39 is 20.7 Å². The standard InChI is InChI=1S/C11H14N2O3S/c1-11(2)10(14)13(17(11,15)16)9-5-3-8(7-12)4-6-9/h3-6H,7,12H2,1-2H3. The number of rotatable bonds is 2. The Hall–Kier alpha value is -1.40. The van der Waals surface area contributed by atoms with Crippen molar-refractivity contribution in [2.24, 2.45) is 5.73 Å². The number of hydrogen-bond donors (Lipinski definition) is 1. The first-order chi connectivity index (χ1) is 7.82. The lowest BCUT2D eigenvalue weighted by molar-refractivity contribution is -0.120. The van der Waals surface area contributed by atoms with Crippen LogP contribution in [0.3, 0.4) is 0 Å². The maximum atomic E-state index is 11.9. The molecule has 0 atom stereocenters. The molecule has 5 nitrogen and oxygen atoms in total. The Bertz CT molecular complexity index is 561. The van der Waals surface area contributed by atoms with E-state index in [-0.39, 0.29) is 0 Å². The second-order valence-corrected chi connectivity index (χ2v) is 6.79. The molecule has 0 aliphatic carbocycles. The molecule has 0 radical (unpaired) electrons. The van der Waals surface area contributed by atoms with Crippen LogP contribution in [0.4, 0.5) is 5.69 Å². The Morgan fingerprint density at radius 3 is 2.18 bits per heavy atom. The van der Waals surface area contributed by atoms with Crippen LogP contribution in [-0.4, -0.2) is 19.1 Å². The number of nitrogens with zero attached hydrogens (tertiary/aromatic N) is 1. The minimum Gasteiger partial charge on any atom is -0.326 e. The SMILES string of the molecule is CC1(C)C(=O)N(c2ccc(CN)cc2)S1(=O)=O. The highest BCUT2D eigenvalue weighted by Crippen LogP contribution is 2.38. The van der Waals surface area contributed by atoms with E-state index in [1.165, 1.54) is 13.8 Å². The maximum Gasteiger partial charge on any atom is 0.263 e. The summed E-state index contributed by atoms with van der Waals surface area (Å²) in [5, 5.41) is 0. The molecule has 2 rings (SSSR count). The van der Waals surface area contributed by atoms with Crippen molar-refractivity contribution in [3.8, 4) is 0 Å². The van der Waals surface area contributed by atoms with E-state index in [2.05, 4.69) is 0 Å². The van der Waals surface area contributed by atoms with Crippen LogP contribution in [0.1, 0.15) is 19.4 Å². The molecule has 6 heteroatoms. The first kappa shape index (κ1) is 12.1. The number of sulfonamides is 1. The Morgan fingerprint density at radius 1 is 1.24 bits per heavy atom. The molecule has 0 aromatic heterocycles. The number of carbonyl (C=O) groups excluding carboxylic acids is 1. The van der Waals surface area contributed by atoms with E-state index in [9.17, 15) is 13.2 Å². The molecule has 2 N–H and O–H groups in total. The molecule has 1 aromatic rings. The van der Waals surface area contributed by atoms with Gasteiger partial charge >= 0.3 is 0 Å². The molecule has 1 aliphatic rings. The summed E-state index contributed by atoms with van der Waals surface area (Å²) in [6.07, 6.45) is 0. The highest BCUT2D eigenvalue weighted by atomic mass is 32.2. The molecule has 0 saturated carbocycles. The number of carbonyl (C=O) groups is 1. The van der Waals surface area contributed by atoms with Gasteiger partial charge in [0.2, 0.25) is 0 Å². The average Bonchev–Trinajstić information content (AvgIpc) is 2.29. The van der Waals surface area contributed by atoms with Crippen molar-refractivity contribution in [1.29, 1.82) is 0 Å². The van der Waals surface area contributed by atoms with Gasteiger partial charge in [0, 0.05) is 6.54 Å². The van der Waals surface area contributed by atoms with Crippen molar-refractivity contribution in [2.45, 2.75) is 25.1 Å². The highest BCUT2D eigenvalue weighted by molar-refractivity contribution is 7.98. The Morgan fingerprint density at radius 2 is 1.76 bits per heavy atom. The maximum absolute atomic E-state index is 11.9. The van der Waals surface area contributed by atoms with Crippen LogP contribution < -0.4 is 10.0 Å². The normalized spacial score (nSPS) is 21.1. The van der Waals surface area contributed by atoms with E-state index in [0.717, 1.165) is 9.87 Å². The summed E-state index contributed by atoms with van der Waals surface area (Å²) < 4.78 is 23.4. The zero-order chi connectivity index (χ0) is 12.8. The lowest BCUT2D eigenvalue weighted by atomic mass is 10.1. The molecule has 1 fully saturated rings. The largest absolute Gasteiger partial charge is 0.326 e. The van der Waals surface area contributed by atoms with Gasteiger partial charge in [0.05, 0.1) is 5.69 Å². The number of benzene rings is 1. The molecule has 1 amide bonds. The van der Waals surface area contributed by atoms with Crippen LogP contribution >= 0.6 is 0 Å². The van der Waals surface area contributed by atoms with Crippen molar-refractivity contribution in [2.75, 3.05) is 4.31 Å². The van der Waals surface area contributed by atoms with Crippen LogP contribution in [0.25, 0.3) is 0 Å². The van der Waals surface area contributed by atoms with E-state index in [1.807, 2.05) is 0 Å². The lowest BCUT2D eigenvalue weighted by Crippen LogP contribution is -2.67. The molecule has 92 valence electrons. The predicted molar refractivity (Wildman–Crippen MR) is 64.8 cm³/mol. The van der Waals surface area contributed by atoms with Crippen LogP contribution in [-0.2, 0) is 21.4 Å². The van der Waals surface area contributed by atoms with Crippen molar-refractivity contribution in [1.82, 2.24) is 0 Å². The summed E-state index contributed by atoms with van der Waals surface area (Å²) in [5.74, 6) is -0.405. The smallest absolute Gasteiger partial charge is 0.263 e. The third-order valence-corrected chi connectivity index (χ3v) is 5.31. The monoisotopic (exact) mass is 254 g/mol. The fraction of sp³-hybridized carbons (Fsp3) is 0.364. The Kier molecular flexibility index (Phi) is 2.52. The molecule has 1 saturated heterocycles. The van der Waals surface area contributed by atoms with Crippen LogP contribution in [0.5, 0.6) is 0 Å². The minimum absolute atomic E-state index is 0.367. The van der Waals surface area contributed by atoms with Gasteiger partial charge < -0.3 is 5.73 Å². The number of amides is 1. The number of anilines is 1. The van der Waals surface area contributed by atoms with Crippen LogP contribution in [0.15, 0.2) is 24.3 Å². The van der Waals surface area contributed by atoms with Gasteiger partial charge in [-0.25, -0.2) is 12.7 Å². The summed E-state index contributed by atoms with van der Waals surface area (Å²) in [5.41, 5.74) is 6.70.